The molecule has 1 saturated heterocycles. The molecule has 21 heavy (non-hydrogen) atoms. The van der Waals surface area contributed by atoms with E-state index in [0.717, 1.165) is 32.2 Å². The summed E-state index contributed by atoms with van der Waals surface area (Å²) in [4.78, 5) is 12.5. The van der Waals surface area contributed by atoms with Crippen LogP contribution < -0.4 is 10.6 Å². The van der Waals surface area contributed by atoms with Gasteiger partial charge < -0.3 is 10.6 Å². The summed E-state index contributed by atoms with van der Waals surface area (Å²) in [5.41, 5.74) is 1.22. The highest BCUT2D eigenvalue weighted by atomic mass is 16.2. The van der Waals surface area contributed by atoms with Gasteiger partial charge in [-0.1, -0.05) is 63.4 Å². The maximum atomic E-state index is 12.5. The molecular weight excluding hydrogens is 260 g/mol. The summed E-state index contributed by atoms with van der Waals surface area (Å²) in [6.45, 7) is 5.36. The summed E-state index contributed by atoms with van der Waals surface area (Å²) in [5.74, 6) is 0.649. The predicted molar refractivity (Wildman–Crippen MR) is 87.0 cm³/mol. The van der Waals surface area contributed by atoms with Crippen molar-refractivity contribution in [3.63, 3.8) is 0 Å². The van der Waals surface area contributed by atoms with Crippen LogP contribution in [0.5, 0.6) is 0 Å². The smallest absolute Gasteiger partial charge is 0.237 e. The van der Waals surface area contributed by atoms with Crippen molar-refractivity contribution in [2.75, 3.05) is 6.54 Å². The topological polar surface area (TPSA) is 41.1 Å². The van der Waals surface area contributed by atoms with Gasteiger partial charge in [0.05, 0.1) is 12.1 Å². The number of carbonyl (C=O) groups is 1. The highest BCUT2D eigenvalue weighted by Crippen LogP contribution is 2.27. The summed E-state index contributed by atoms with van der Waals surface area (Å²) < 4.78 is 0. The first-order valence-corrected chi connectivity index (χ1v) is 8.35. The number of amides is 1. The maximum absolute atomic E-state index is 12.5. The van der Waals surface area contributed by atoms with Crippen molar-refractivity contribution in [3.8, 4) is 0 Å². The van der Waals surface area contributed by atoms with Crippen LogP contribution in [0.25, 0.3) is 0 Å². The summed E-state index contributed by atoms with van der Waals surface area (Å²) >= 11 is 0. The lowest BCUT2D eigenvalue weighted by atomic mass is 9.88. The highest BCUT2D eigenvalue weighted by Gasteiger charge is 2.26. The fourth-order valence-electron chi connectivity index (χ4n) is 3.22. The summed E-state index contributed by atoms with van der Waals surface area (Å²) in [6.07, 6.45) is 5.43. The first kappa shape index (κ1) is 16.0. The SMILES string of the molecule is CCC(CC)C(NC(=O)[C@H]1CCCCN1)c1ccccc1. The fourth-order valence-corrected chi connectivity index (χ4v) is 3.22. The Bertz CT molecular complexity index is 422. The van der Waals surface area contributed by atoms with Gasteiger partial charge in [0.15, 0.2) is 0 Å². The van der Waals surface area contributed by atoms with Crippen molar-refractivity contribution >= 4 is 5.91 Å². The Morgan fingerprint density at radius 1 is 1.24 bits per heavy atom. The molecule has 1 amide bonds. The Morgan fingerprint density at radius 2 is 1.95 bits per heavy atom. The van der Waals surface area contributed by atoms with Gasteiger partial charge in [0.1, 0.15) is 0 Å². The zero-order chi connectivity index (χ0) is 15.1. The van der Waals surface area contributed by atoms with Crippen molar-refractivity contribution in [3.05, 3.63) is 35.9 Å². The van der Waals surface area contributed by atoms with E-state index in [9.17, 15) is 4.79 Å². The summed E-state index contributed by atoms with van der Waals surface area (Å²) in [6, 6.07) is 10.5. The van der Waals surface area contributed by atoms with E-state index < -0.39 is 0 Å². The Balaban J connectivity index is 2.10. The first-order valence-electron chi connectivity index (χ1n) is 8.35. The van der Waals surface area contributed by atoms with Crippen molar-refractivity contribution in [2.24, 2.45) is 5.92 Å². The lowest BCUT2D eigenvalue weighted by molar-refractivity contribution is -0.124. The van der Waals surface area contributed by atoms with Crippen molar-refractivity contribution in [2.45, 2.75) is 58.0 Å². The third kappa shape index (κ3) is 4.31. The Morgan fingerprint density at radius 3 is 2.52 bits per heavy atom. The molecule has 0 bridgehead atoms. The third-order valence-corrected chi connectivity index (χ3v) is 4.60. The van der Waals surface area contributed by atoms with E-state index >= 15 is 0 Å². The standard InChI is InChI=1S/C18H28N2O/c1-3-14(4-2)17(15-10-6-5-7-11-15)20-18(21)16-12-8-9-13-19-16/h5-7,10-11,14,16-17,19H,3-4,8-9,12-13H2,1-2H3,(H,20,21)/t16-,17?/m1/s1. The molecule has 1 unspecified atom stereocenters. The van der Waals surface area contributed by atoms with Crippen LogP contribution in [-0.4, -0.2) is 18.5 Å². The van der Waals surface area contributed by atoms with Gasteiger partial charge in [0.25, 0.3) is 0 Å². The second-order valence-electron chi connectivity index (χ2n) is 5.98. The van der Waals surface area contributed by atoms with E-state index in [1.807, 2.05) is 6.07 Å². The van der Waals surface area contributed by atoms with Crippen molar-refractivity contribution in [1.82, 2.24) is 10.6 Å². The molecule has 1 aliphatic heterocycles. The number of nitrogens with one attached hydrogen (secondary N) is 2. The normalized spacial score (nSPS) is 20.2. The molecule has 1 aromatic carbocycles. The number of benzene rings is 1. The number of rotatable bonds is 6. The first-order chi connectivity index (χ1) is 10.3. The molecule has 116 valence electrons. The lowest BCUT2D eigenvalue weighted by Crippen LogP contribution is -2.48. The van der Waals surface area contributed by atoms with Crippen LogP contribution in [0.3, 0.4) is 0 Å². The van der Waals surface area contributed by atoms with Gasteiger partial charge in [-0.15, -0.1) is 0 Å². The van der Waals surface area contributed by atoms with Crippen LogP contribution in [0.15, 0.2) is 30.3 Å². The van der Waals surface area contributed by atoms with E-state index in [1.54, 1.807) is 0 Å². The monoisotopic (exact) mass is 288 g/mol. The van der Waals surface area contributed by atoms with Crippen LogP contribution in [-0.2, 0) is 4.79 Å². The maximum Gasteiger partial charge on any atom is 0.237 e. The minimum Gasteiger partial charge on any atom is -0.348 e. The summed E-state index contributed by atoms with van der Waals surface area (Å²) in [7, 11) is 0. The Labute approximate surface area is 128 Å². The van der Waals surface area contributed by atoms with Gasteiger partial charge in [-0.25, -0.2) is 0 Å². The van der Waals surface area contributed by atoms with Crippen molar-refractivity contribution < 1.29 is 4.79 Å². The molecule has 1 aromatic rings. The molecule has 3 nitrogen and oxygen atoms in total. The molecule has 0 saturated carbocycles. The highest BCUT2D eigenvalue weighted by molar-refractivity contribution is 5.82. The third-order valence-electron chi connectivity index (χ3n) is 4.60. The van der Waals surface area contributed by atoms with Crippen LogP contribution >= 0.6 is 0 Å². The fraction of sp³-hybridized carbons (Fsp3) is 0.611. The van der Waals surface area contributed by atoms with Gasteiger partial charge >= 0.3 is 0 Å². The quantitative estimate of drug-likeness (QED) is 0.842. The molecule has 1 heterocycles. The average molecular weight is 288 g/mol. The molecule has 1 aliphatic rings. The van der Waals surface area contributed by atoms with E-state index in [4.69, 9.17) is 0 Å². The summed E-state index contributed by atoms with van der Waals surface area (Å²) in [5, 5.41) is 6.64. The Hall–Kier alpha value is -1.35. The van der Waals surface area contributed by atoms with E-state index in [1.165, 1.54) is 12.0 Å². The van der Waals surface area contributed by atoms with Crippen LogP contribution in [0.1, 0.15) is 57.6 Å². The van der Waals surface area contributed by atoms with E-state index in [0.29, 0.717) is 5.92 Å². The molecule has 0 radical (unpaired) electrons. The van der Waals surface area contributed by atoms with Crippen LogP contribution in [0.2, 0.25) is 0 Å². The van der Waals surface area contributed by atoms with Gasteiger partial charge in [-0.3, -0.25) is 4.79 Å². The molecule has 3 heteroatoms. The Kier molecular flexibility index (Phi) is 6.24. The molecule has 2 N–H and O–H groups in total. The molecule has 0 aliphatic carbocycles. The number of hydrogen-bond donors (Lipinski definition) is 2. The van der Waals surface area contributed by atoms with E-state index in [-0.39, 0.29) is 18.0 Å². The van der Waals surface area contributed by atoms with Crippen LogP contribution in [0, 0.1) is 5.92 Å². The number of carbonyl (C=O) groups excluding carboxylic acids is 1. The largest absolute Gasteiger partial charge is 0.348 e. The van der Waals surface area contributed by atoms with E-state index in [2.05, 4.69) is 48.7 Å². The zero-order valence-corrected chi connectivity index (χ0v) is 13.3. The number of hydrogen-bond acceptors (Lipinski definition) is 2. The average Bonchev–Trinajstić information content (AvgIpc) is 2.56. The minimum atomic E-state index is -0.0145. The zero-order valence-electron chi connectivity index (χ0n) is 13.3. The molecule has 2 rings (SSSR count). The van der Waals surface area contributed by atoms with Gasteiger partial charge in [-0.05, 0) is 30.9 Å². The molecular formula is C18H28N2O. The van der Waals surface area contributed by atoms with Gasteiger partial charge in [0.2, 0.25) is 5.91 Å². The molecule has 2 atom stereocenters. The predicted octanol–water partition coefficient (Wildman–Crippen LogP) is 3.42. The minimum absolute atomic E-state index is 0.0145. The van der Waals surface area contributed by atoms with Gasteiger partial charge in [-0.2, -0.15) is 0 Å². The second-order valence-corrected chi connectivity index (χ2v) is 5.98. The van der Waals surface area contributed by atoms with Crippen molar-refractivity contribution in [1.29, 1.82) is 0 Å². The molecule has 0 spiro atoms. The molecule has 0 aromatic heterocycles. The molecule has 1 fully saturated rings. The van der Waals surface area contributed by atoms with Crippen LogP contribution in [0.4, 0.5) is 0 Å². The number of piperidine rings is 1. The second kappa shape index (κ2) is 8.18. The van der Waals surface area contributed by atoms with Gasteiger partial charge in [0, 0.05) is 0 Å². The lowest BCUT2D eigenvalue weighted by Gasteiger charge is -2.30.